The number of methoxy groups -OCH3 is 2. The summed E-state index contributed by atoms with van der Waals surface area (Å²) in [7, 11) is 3.10. The largest absolute Gasteiger partial charge is 0.463 e. The summed E-state index contributed by atoms with van der Waals surface area (Å²) in [6.07, 6.45) is 2.40. The average Bonchev–Trinajstić information content (AvgIpc) is 2.87. The molecule has 0 bridgehead atoms. The second-order valence-electron chi connectivity index (χ2n) is 4.96. The van der Waals surface area contributed by atoms with E-state index in [-0.39, 0.29) is 5.76 Å². The number of rotatable bonds is 5. The van der Waals surface area contributed by atoms with E-state index in [0.29, 0.717) is 5.92 Å². The van der Waals surface area contributed by atoms with E-state index in [4.69, 9.17) is 9.15 Å². The molecule has 1 fully saturated rings. The van der Waals surface area contributed by atoms with Gasteiger partial charge in [0.2, 0.25) is 5.76 Å². The average molecular weight is 267 g/mol. The smallest absolute Gasteiger partial charge is 0.373 e. The minimum absolute atomic E-state index is 0.267. The molecule has 0 amide bonds. The lowest BCUT2D eigenvalue weighted by Gasteiger charge is -2.31. The fourth-order valence-corrected chi connectivity index (χ4v) is 2.56. The fourth-order valence-electron chi connectivity index (χ4n) is 2.56. The first-order chi connectivity index (χ1) is 9.22. The molecule has 1 aliphatic heterocycles. The number of likely N-dealkylation sites (tertiary alicyclic amines) is 1. The van der Waals surface area contributed by atoms with Crippen LogP contribution in [-0.4, -0.2) is 44.8 Å². The van der Waals surface area contributed by atoms with E-state index in [1.165, 1.54) is 20.0 Å². The lowest BCUT2D eigenvalue weighted by molar-refractivity contribution is 0.0557. The molecule has 1 aromatic heterocycles. The number of hydrogen-bond donors (Lipinski definition) is 0. The summed E-state index contributed by atoms with van der Waals surface area (Å²) < 4.78 is 15.3. The Morgan fingerprint density at radius 1 is 1.47 bits per heavy atom. The van der Waals surface area contributed by atoms with Crippen molar-refractivity contribution in [3.63, 3.8) is 0 Å². The van der Waals surface area contributed by atoms with Gasteiger partial charge in [0.1, 0.15) is 5.76 Å². The van der Waals surface area contributed by atoms with Gasteiger partial charge >= 0.3 is 5.97 Å². The van der Waals surface area contributed by atoms with Crippen LogP contribution in [0.25, 0.3) is 0 Å². The molecule has 1 saturated heterocycles. The Bertz CT molecular complexity index is 413. The summed E-state index contributed by atoms with van der Waals surface area (Å²) in [6, 6.07) is 3.50. The van der Waals surface area contributed by atoms with Crippen LogP contribution in [-0.2, 0) is 16.0 Å². The van der Waals surface area contributed by atoms with E-state index < -0.39 is 5.97 Å². The van der Waals surface area contributed by atoms with Gasteiger partial charge < -0.3 is 13.9 Å². The molecule has 19 heavy (non-hydrogen) atoms. The predicted molar refractivity (Wildman–Crippen MR) is 69.9 cm³/mol. The third-order valence-electron chi connectivity index (χ3n) is 3.43. The minimum Gasteiger partial charge on any atom is -0.463 e. The third-order valence-corrected chi connectivity index (χ3v) is 3.43. The van der Waals surface area contributed by atoms with E-state index in [2.05, 4.69) is 9.64 Å². The molecule has 0 saturated carbocycles. The van der Waals surface area contributed by atoms with Gasteiger partial charge in [0, 0.05) is 13.7 Å². The Kier molecular flexibility index (Phi) is 4.99. The lowest BCUT2D eigenvalue weighted by Crippen LogP contribution is -2.36. The van der Waals surface area contributed by atoms with Crippen molar-refractivity contribution in [1.29, 1.82) is 0 Å². The number of ether oxygens (including phenoxy) is 2. The van der Waals surface area contributed by atoms with E-state index in [1.54, 1.807) is 13.2 Å². The van der Waals surface area contributed by atoms with Gasteiger partial charge in [-0.3, -0.25) is 4.90 Å². The van der Waals surface area contributed by atoms with Crippen molar-refractivity contribution in [2.24, 2.45) is 5.92 Å². The molecule has 2 rings (SSSR count). The molecule has 0 N–H and O–H groups in total. The Labute approximate surface area is 113 Å². The molecule has 0 unspecified atom stereocenters. The number of nitrogens with zero attached hydrogens (tertiary/aromatic N) is 1. The van der Waals surface area contributed by atoms with Crippen LogP contribution < -0.4 is 0 Å². The molecule has 5 heteroatoms. The highest BCUT2D eigenvalue weighted by atomic mass is 16.5. The first kappa shape index (κ1) is 14.1. The first-order valence-electron chi connectivity index (χ1n) is 6.61. The maximum atomic E-state index is 11.3. The number of carbonyl (C=O) groups is 1. The number of carbonyl (C=O) groups excluding carboxylic acids is 1. The van der Waals surface area contributed by atoms with Gasteiger partial charge in [0.15, 0.2) is 0 Å². The number of piperidine rings is 1. The van der Waals surface area contributed by atoms with Gasteiger partial charge in [-0.15, -0.1) is 0 Å². The molecular formula is C14H21NO4. The van der Waals surface area contributed by atoms with Crippen molar-refractivity contribution in [1.82, 2.24) is 4.90 Å². The van der Waals surface area contributed by atoms with Gasteiger partial charge in [0.25, 0.3) is 0 Å². The van der Waals surface area contributed by atoms with Crippen LogP contribution in [0.15, 0.2) is 16.5 Å². The minimum atomic E-state index is -0.429. The van der Waals surface area contributed by atoms with E-state index >= 15 is 0 Å². The van der Waals surface area contributed by atoms with Crippen LogP contribution in [0.5, 0.6) is 0 Å². The highest BCUT2D eigenvalue weighted by molar-refractivity contribution is 5.86. The Morgan fingerprint density at radius 2 is 2.32 bits per heavy atom. The fraction of sp³-hybridized carbons (Fsp3) is 0.643. The SMILES string of the molecule is COC[C@H]1CCCN(Cc2ccc(C(=O)OC)o2)C1. The summed E-state index contributed by atoms with van der Waals surface area (Å²) in [4.78, 5) is 13.7. The summed E-state index contributed by atoms with van der Waals surface area (Å²) in [5.74, 6) is 1.23. The third kappa shape index (κ3) is 3.81. The number of hydrogen-bond acceptors (Lipinski definition) is 5. The molecule has 0 radical (unpaired) electrons. The van der Waals surface area contributed by atoms with Gasteiger partial charge in [0.05, 0.1) is 20.3 Å². The second kappa shape index (κ2) is 6.73. The molecule has 0 spiro atoms. The molecule has 5 nitrogen and oxygen atoms in total. The molecular weight excluding hydrogens is 246 g/mol. The topological polar surface area (TPSA) is 51.9 Å². The summed E-state index contributed by atoms with van der Waals surface area (Å²) in [5, 5.41) is 0. The zero-order chi connectivity index (χ0) is 13.7. The standard InChI is InChI=1S/C14H21NO4/c1-17-10-11-4-3-7-15(8-11)9-12-5-6-13(19-12)14(16)18-2/h5-6,11H,3-4,7-10H2,1-2H3/t11-/m0/s1. The van der Waals surface area contributed by atoms with Gasteiger partial charge in [-0.1, -0.05) is 0 Å². The van der Waals surface area contributed by atoms with Crippen LogP contribution in [0.2, 0.25) is 0 Å². The zero-order valence-corrected chi connectivity index (χ0v) is 11.6. The summed E-state index contributed by atoms with van der Waals surface area (Å²) in [5.41, 5.74) is 0. The van der Waals surface area contributed by atoms with Gasteiger partial charge in [-0.05, 0) is 37.4 Å². The van der Waals surface area contributed by atoms with Crippen molar-refractivity contribution < 1.29 is 18.7 Å². The maximum Gasteiger partial charge on any atom is 0.373 e. The molecule has 0 aromatic carbocycles. The second-order valence-corrected chi connectivity index (χ2v) is 4.96. The van der Waals surface area contributed by atoms with E-state index in [9.17, 15) is 4.79 Å². The van der Waals surface area contributed by atoms with Crippen molar-refractivity contribution in [2.75, 3.05) is 33.9 Å². The Hall–Kier alpha value is -1.33. The monoisotopic (exact) mass is 267 g/mol. The van der Waals surface area contributed by atoms with Gasteiger partial charge in [-0.25, -0.2) is 4.79 Å². The van der Waals surface area contributed by atoms with Crippen molar-refractivity contribution in [3.05, 3.63) is 23.7 Å². The van der Waals surface area contributed by atoms with Crippen molar-refractivity contribution in [3.8, 4) is 0 Å². The highest BCUT2D eigenvalue weighted by Gasteiger charge is 2.21. The molecule has 106 valence electrons. The van der Waals surface area contributed by atoms with Gasteiger partial charge in [-0.2, -0.15) is 0 Å². The molecule has 2 heterocycles. The molecule has 1 atom stereocenters. The number of esters is 1. The van der Waals surface area contributed by atoms with Crippen LogP contribution in [0.4, 0.5) is 0 Å². The molecule has 1 aliphatic rings. The zero-order valence-electron chi connectivity index (χ0n) is 11.6. The maximum absolute atomic E-state index is 11.3. The lowest BCUT2D eigenvalue weighted by atomic mass is 9.99. The molecule has 0 aliphatic carbocycles. The summed E-state index contributed by atoms with van der Waals surface area (Å²) in [6.45, 7) is 3.62. The van der Waals surface area contributed by atoms with Crippen LogP contribution >= 0.6 is 0 Å². The van der Waals surface area contributed by atoms with Crippen molar-refractivity contribution >= 4 is 5.97 Å². The Balaban J connectivity index is 1.89. The van der Waals surface area contributed by atoms with Crippen LogP contribution in [0.1, 0.15) is 29.2 Å². The van der Waals surface area contributed by atoms with Crippen LogP contribution in [0.3, 0.4) is 0 Å². The summed E-state index contributed by atoms with van der Waals surface area (Å²) >= 11 is 0. The van der Waals surface area contributed by atoms with Crippen LogP contribution in [0, 0.1) is 5.92 Å². The van der Waals surface area contributed by atoms with E-state index in [1.807, 2.05) is 6.07 Å². The predicted octanol–water partition coefficient (Wildman–Crippen LogP) is 1.92. The van der Waals surface area contributed by atoms with E-state index in [0.717, 1.165) is 32.0 Å². The van der Waals surface area contributed by atoms with Crippen molar-refractivity contribution in [2.45, 2.75) is 19.4 Å². The molecule has 1 aromatic rings. The quantitative estimate of drug-likeness (QED) is 0.763. The normalized spacial score (nSPS) is 20.4. The Morgan fingerprint density at radius 3 is 3.05 bits per heavy atom. The highest BCUT2D eigenvalue weighted by Crippen LogP contribution is 2.19. The first-order valence-corrected chi connectivity index (χ1v) is 6.61. The number of furan rings is 1.